The van der Waals surface area contributed by atoms with Gasteiger partial charge in [-0.3, -0.25) is 0 Å². The number of rotatable bonds is 9. The monoisotopic (exact) mass is 389 g/mol. The molecule has 0 fully saturated rings. The topological polar surface area (TPSA) is 32.7 Å². The Labute approximate surface area is 174 Å². The summed E-state index contributed by atoms with van der Waals surface area (Å²) in [6.45, 7) is 3.51. The molecule has 1 N–H and O–H groups in total. The quantitative estimate of drug-likeness (QED) is 0.555. The lowest BCUT2D eigenvalue weighted by Crippen LogP contribution is -2.35. The van der Waals surface area contributed by atoms with Gasteiger partial charge in [0.25, 0.3) is 0 Å². The first-order valence-electron chi connectivity index (χ1n) is 10.3. The summed E-state index contributed by atoms with van der Waals surface area (Å²) in [4.78, 5) is 2.09. The first kappa shape index (κ1) is 21.1. The lowest BCUT2D eigenvalue weighted by Gasteiger charge is -2.38. The molecule has 0 saturated carbocycles. The van der Waals surface area contributed by atoms with Crippen LogP contribution in [0.1, 0.15) is 36.0 Å². The summed E-state index contributed by atoms with van der Waals surface area (Å²) in [6, 6.07) is 28.1. The molecule has 0 aromatic heterocycles. The largest absolute Gasteiger partial charge is 0.492 e. The summed E-state index contributed by atoms with van der Waals surface area (Å²) in [5.74, 6) is 0.625. The predicted octanol–water partition coefficient (Wildman–Crippen LogP) is 5.06. The van der Waals surface area contributed by atoms with Crippen LogP contribution in [0.4, 0.5) is 0 Å². The van der Waals surface area contributed by atoms with Crippen LogP contribution in [0.15, 0.2) is 84.9 Å². The minimum Gasteiger partial charge on any atom is -0.492 e. The highest BCUT2D eigenvalue weighted by molar-refractivity contribution is 5.48. The molecule has 0 radical (unpaired) electrons. The summed E-state index contributed by atoms with van der Waals surface area (Å²) in [7, 11) is 4.05. The summed E-state index contributed by atoms with van der Waals surface area (Å²) >= 11 is 0. The van der Waals surface area contributed by atoms with Crippen LogP contribution in [0.3, 0.4) is 0 Å². The Morgan fingerprint density at radius 3 is 2.07 bits per heavy atom. The molecule has 0 aliphatic heterocycles. The second-order valence-corrected chi connectivity index (χ2v) is 7.65. The molecule has 3 heteroatoms. The number of hydrogen-bond donors (Lipinski definition) is 1. The molecule has 0 heterocycles. The number of nitrogens with zero attached hydrogens (tertiary/aromatic N) is 1. The van der Waals surface area contributed by atoms with E-state index in [4.69, 9.17) is 4.74 Å². The molecule has 3 rings (SSSR count). The van der Waals surface area contributed by atoms with E-state index in [-0.39, 0.29) is 5.92 Å². The molecular weight excluding hydrogens is 358 g/mol. The average Bonchev–Trinajstić information content (AvgIpc) is 2.75. The molecule has 0 aliphatic rings. The summed E-state index contributed by atoms with van der Waals surface area (Å²) < 4.78 is 6.14. The Balaban J connectivity index is 2.13. The third-order valence-electron chi connectivity index (χ3n) is 5.42. The standard InChI is InChI=1S/C26H31NO2/c1-4-23(21-13-7-5-8-14-21)26(28,22-15-9-6-10-16-22)24-17-11-12-18-25(24)29-20-19-27(2)3/h5-18,23,28H,4,19-20H2,1-3H3. The zero-order valence-corrected chi connectivity index (χ0v) is 17.6. The Morgan fingerprint density at radius 1 is 0.862 bits per heavy atom. The smallest absolute Gasteiger partial charge is 0.125 e. The van der Waals surface area contributed by atoms with E-state index in [0.717, 1.165) is 35.4 Å². The molecule has 0 aliphatic carbocycles. The lowest BCUT2D eigenvalue weighted by atomic mass is 9.71. The number of benzene rings is 3. The Bertz CT molecular complexity index is 879. The van der Waals surface area contributed by atoms with Crippen LogP contribution < -0.4 is 4.74 Å². The van der Waals surface area contributed by atoms with Gasteiger partial charge in [-0.15, -0.1) is 0 Å². The van der Waals surface area contributed by atoms with Crippen LogP contribution in [0.25, 0.3) is 0 Å². The molecule has 3 aromatic carbocycles. The number of aliphatic hydroxyl groups is 1. The molecule has 3 aromatic rings. The lowest BCUT2D eigenvalue weighted by molar-refractivity contribution is 0.0443. The van der Waals surface area contributed by atoms with Crippen LogP contribution in [0.5, 0.6) is 5.75 Å². The van der Waals surface area contributed by atoms with Crippen LogP contribution in [0.2, 0.25) is 0 Å². The van der Waals surface area contributed by atoms with Crippen molar-refractivity contribution in [1.29, 1.82) is 0 Å². The van der Waals surface area contributed by atoms with E-state index >= 15 is 0 Å². The van der Waals surface area contributed by atoms with Gasteiger partial charge >= 0.3 is 0 Å². The fourth-order valence-electron chi connectivity index (χ4n) is 3.94. The fourth-order valence-corrected chi connectivity index (χ4v) is 3.94. The molecule has 29 heavy (non-hydrogen) atoms. The Morgan fingerprint density at radius 2 is 1.45 bits per heavy atom. The maximum atomic E-state index is 12.4. The minimum absolute atomic E-state index is 0.107. The summed E-state index contributed by atoms with van der Waals surface area (Å²) in [5, 5.41) is 12.4. The molecule has 0 spiro atoms. The second kappa shape index (κ2) is 9.73. The van der Waals surface area contributed by atoms with E-state index in [9.17, 15) is 5.11 Å². The highest BCUT2D eigenvalue weighted by Crippen LogP contribution is 2.47. The van der Waals surface area contributed by atoms with Crippen LogP contribution in [-0.4, -0.2) is 37.3 Å². The highest BCUT2D eigenvalue weighted by atomic mass is 16.5. The Hall–Kier alpha value is -2.62. The summed E-state index contributed by atoms with van der Waals surface area (Å²) in [6.07, 6.45) is 0.793. The molecular formula is C26H31NO2. The van der Waals surface area contributed by atoms with Gasteiger partial charge in [-0.1, -0.05) is 85.8 Å². The van der Waals surface area contributed by atoms with E-state index in [0.29, 0.717) is 6.61 Å². The Kier molecular flexibility index (Phi) is 7.08. The average molecular weight is 390 g/mol. The van der Waals surface area contributed by atoms with Crippen molar-refractivity contribution in [2.75, 3.05) is 27.2 Å². The molecule has 2 unspecified atom stereocenters. The molecule has 2 atom stereocenters. The van der Waals surface area contributed by atoms with Crippen LogP contribution >= 0.6 is 0 Å². The van der Waals surface area contributed by atoms with Gasteiger partial charge in [0.2, 0.25) is 0 Å². The third kappa shape index (κ3) is 4.69. The van der Waals surface area contributed by atoms with Gasteiger partial charge in [-0.2, -0.15) is 0 Å². The molecule has 0 saturated heterocycles. The van der Waals surface area contributed by atoms with E-state index in [2.05, 4.69) is 24.0 Å². The third-order valence-corrected chi connectivity index (χ3v) is 5.42. The van der Waals surface area contributed by atoms with Crippen molar-refractivity contribution >= 4 is 0 Å². The second-order valence-electron chi connectivity index (χ2n) is 7.65. The highest BCUT2D eigenvalue weighted by Gasteiger charge is 2.42. The fraction of sp³-hybridized carbons (Fsp3) is 0.308. The van der Waals surface area contributed by atoms with Gasteiger partial charge < -0.3 is 14.7 Å². The first-order valence-corrected chi connectivity index (χ1v) is 10.3. The number of likely N-dealkylation sites (N-methyl/N-ethyl adjacent to an activating group) is 1. The zero-order chi connectivity index (χ0) is 20.7. The van der Waals surface area contributed by atoms with Gasteiger partial charge in [0.1, 0.15) is 18.0 Å². The van der Waals surface area contributed by atoms with Crippen molar-refractivity contribution in [2.24, 2.45) is 0 Å². The van der Waals surface area contributed by atoms with Crippen molar-refractivity contribution in [1.82, 2.24) is 4.90 Å². The van der Waals surface area contributed by atoms with Crippen molar-refractivity contribution in [3.8, 4) is 5.75 Å². The van der Waals surface area contributed by atoms with Crippen molar-refractivity contribution in [2.45, 2.75) is 24.9 Å². The van der Waals surface area contributed by atoms with Crippen molar-refractivity contribution in [3.05, 3.63) is 102 Å². The van der Waals surface area contributed by atoms with E-state index in [1.54, 1.807) is 0 Å². The zero-order valence-electron chi connectivity index (χ0n) is 17.6. The van der Waals surface area contributed by atoms with Gasteiger partial charge in [0.15, 0.2) is 0 Å². The molecule has 0 bridgehead atoms. The van der Waals surface area contributed by atoms with E-state index in [1.165, 1.54) is 0 Å². The van der Waals surface area contributed by atoms with Gasteiger partial charge in [0, 0.05) is 18.0 Å². The minimum atomic E-state index is -1.20. The first-order chi connectivity index (χ1) is 14.1. The number of ether oxygens (including phenoxy) is 1. The van der Waals surface area contributed by atoms with Crippen molar-refractivity contribution in [3.63, 3.8) is 0 Å². The van der Waals surface area contributed by atoms with E-state index < -0.39 is 5.60 Å². The number of para-hydroxylation sites is 1. The maximum Gasteiger partial charge on any atom is 0.125 e. The van der Waals surface area contributed by atoms with Crippen molar-refractivity contribution < 1.29 is 9.84 Å². The normalized spacial score (nSPS) is 14.4. The van der Waals surface area contributed by atoms with Gasteiger partial charge in [0.05, 0.1) is 0 Å². The molecule has 152 valence electrons. The molecule has 0 amide bonds. The molecule has 3 nitrogen and oxygen atoms in total. The summed E-state index contributed by atoms with van der Waals surface area (Å²) in [5.41, 5.74) is 1.59. The van der Waals surface area contributed by atoms with Gasteiger partial charge in [-0.25, -0.2) is 0 Å². The van der Waals surface area contributed by atoms with Crippen LogP contribution in [-0.2, 0) is 5.60 Å². The maximum absolute atomic E-state index is 12.4. The predicted molar refractivity (Wildman–Crippen MR) is 119 cm³/mol. The van der Waals surface area contributed by atoms with Gasteiger partial charge in [-0.05, 0) is 37.7 Å². The number of hydrogen-bond acceptors (Lipinski definition) is 3. The van der Waals surface area contributed by atoms with E-state index in [1.807, 2.05) is 86.9 Å². The SMILES string of the molecule is CCC(c1ccccc1)C(O)(c1ccccc1)c1ccccc1OCCN(C)C. The van der Waals surface area contributed by atoms with Crippen LogP contribution in [0, 0.1) is 0 Å².